The molecule has 1 saturated carbocycles. The zero-order valence-corrected chi connectivity index (χ0v) is 10.8. The molecule has 4 nitrogen and oxygen atoms in total. The van der Waals surface area contributed by atoms with Gasteiger partial charge in [-0.2, -0.15) is 0 Å². The first-order chi connectivity index (χ1) is 7.59. The fraction of sp³-hybridized carbons (Fsp3) is 1.00. The second-order valence-corrected chi connectivity index (χ2v) is 6.45. The van der Waals surface area contributed by atoms with Crippen LogP contribution < -0.4 is 4.72 Å². The third-order valence-electron chi connectivity index (χ3n) is 3.34. The molecular formula is C11H23NO3S. The van der Waals surface area contributed by atoms with E-state index in [0.717, 1.165) is 25.7 Å². The van der Waals surface area contributed by atoms with Gasteiger partial charge in [0.25, 0.3) is 0 Å². The highest BCUT2D eigenvalue weighted by Crippen LogP contribution is 2.27. The summed E-state index contributed by atoms with van der Waals surface area (Å²) in [4.78, 5) is 0. The Morgan fingerprint density at radius 2 is 2.00 bits per heavy atom. The summed E-state index contributed by atoms with van der Waals surface area (Å²) >= 11 is 0. The van der Waals surface area contributed by atoms with Crippen LogP contribution in [-0.4, -0.2) is 31.9 Å². The van der Waals surface area contributed by atoms with Gasteiger partial charge in [0.1, 0.15) is 0 Å². The Bertz CT molecular complexity index is 290. The third kappa shape index (κ3) is 4.39. The Morgan fingerprint density at radius 1 is 1.31 bits per heavy atom. The van der Waals surface area contributed by atoms with Crippen LogP contribution in [0.2, 0.25) is 0 Å². The molecule has 1 fully saturated rings. The molecule has 0 amide bonds. The fourth-order valence-corrected chi connectivity index (χ4v) is 3.79. The Labute approximate surface area is 98.5 Å². The van der Waals surface area contributed by atoms with E-state index in [4.69, 9.17) is 5.11 Å². The first-order valence-corrected chi connectivity index (χ1v) is 7.85. The molecule has 0 saturated heterocycles. The number of nitrogens with one attached hydrogen (secondary N) is 1. The standard InChI is InChI=1S/C11H23NO3S/c1-2-10-6-3-4-7-11(10)12-16(14,15)9-5-8-13/h10-13H,2-9H2,1H3. The van der Waals surface area contributed by atoms with E-state index in [0.29, 0.717) is 12.3 Å². The average Bonchev–Trinajstić information content (AvgIpc) is 2.27. The monoisotopic (exact) mass is 249 g/mol. The predicted molar refractivity (Wildman–Crippen MR) is 64.7 cm³/mol. The van der Waals surface area contributed by atoms with E-state index in [1.165, 1.54) is 6.42 Å². The first kappa shape index (κ1) is 13.9. The van der Waals surface area contributed by atoms with E-state index < -0.39 is 10.0 Å². The summed E-state index contributed by atoms with van der Waals surface area (Å²) in [6, 6.07) is 0.113. The molecule has 0 aromatic rings. The van der Waals surface area contributed by atoms with Gasteiger partial charge < -0.3 is 5.11 Å². The van der Waals surface area contributed by atoms with Gasteiger partial charge in [0.2, 0.25) is 10.0 Å². The normalized spacial score (nSPS) is 26.9. The lowest BCUT2D eigenvalue weighted by molar-refractivity contribution is 0.280. The second kappa shape index (κ2) is 6.57. The molecule has 0 spiro atoms. The Hall–Kier alpha value is -0.130. The van der Waals surface area contributed by atoms with Crippen LogP contribution in [0, 0.1) is 5.92 Å². The molecule has 1 aliphatic rings. The molecule has 0 aromatic carbocycles. The molecule has 16 heavy (non-hydrogen) atoms. The molecule has 0 heterocycles. The van der Waals surface area contributed by atoms with Crippen molar-refractivity contribution in [1.82, 2.24) is 4.72 Å². The minimum atomic E-state index is -3.20. The molecule has 0 bridgehead atoms. The Morgan fingerprint density at radius 3 is 2.62 bits per heavy atom. The lowest BCUT2D eigenvalue weighted by atomic mass is 9.83. The van der Waals surface area contributed by atoms with Crippen LogP contribution in [0.3, 0.4) is 0 Å². The maximum absolute atomic E-state index is 11.7. The summed E-state index contributed by atoms with van der Waals surface area (Å²) in [6.45, 7) is 2.05. The van der Waals surface area contributed by atoms with Gasteiger partial charge >= 0.3 is 0 Å². The summed E-state index contributed by atoms with van der Waals surface area (Å²) in [5, 5.41) is 8.64. The number of aliphatic hydroxyl groups is 1. The van der Waals surface area contributed by atoms with Crippen molar-refractivity contribution >= 4 is 10.0 Å². The summed E-state index contributed by atoms with van der Waals surface area (Å²) < 4.78 is 26.2. The van der Waals surface area contributed by atoms with Gasteiger partial charge in [-0.15, -0.1) is 0 Å². The van der Waals surface area contributed by atoms with Gasteiger partial charge in [-0.25, -0.2) is 13.1 Å². The van der Waals surface area contributed by atoms with Crippen LogP contribution in [0.4, 0.5) is 0 Å². The molecule has 1 aliphatic carbocycles. The maximum atomic E-state index is 11.7. The van der Waals surface area contributed by atoms with Crippen molar-refractivity contribution in [2.45, 2.75) is 51.5 Å². The van der Waals surface area contributed by atoms with Crippen molar-refractivity contribution in [3.8, 4) is 0 Å². The molecule has 1 rings (SSSR count). The molecule has 96 valence electrons. The van der Waals surface area contributed by atoms with Gasteiger partial charge in [-0.3, -0.25) is 0 Å². The fourth-order valence-electron chi connectivity index (χ4n) is 2.40. The van der Waals surface area contributed by atoms with Crippen LogP contribution in [-0.2, 0) is 10.0 Å². The van der Waals surface area contributed by atoms with Crippen LogP contribution in [0.5, 0.6) is 0 Å². The first-order valence-electron chi connectivity index (χ1n) is 6.20. The smallest absolute Gasteiger partial charge is 0.211 e. The number of hydrogen-bond acceptors (Lipinski definition) is 3. The van der Waals surface area contributed by atoms with Gasteiger partial charge in [0.05, 0.1) is 5.75 Å². The lowest BCUT2D eigenvalue weighted by Gasteiger charge is -2.31. The zero-order chi connectivity index (χ0) is 12.0. The molecule has 0 aliphatic heterocycles. The van der Waals surface area contributed by atoms with Crippen molar-refractivity contribution in [2.24, 2.45) is 5.92 Å². The number of rotatable bonds is 6. The van der Waals surface area contributed by atoms with E-state index in [1.54, 1.807) is 0 Å². The van der Waals surface area contributed by atoms with E-state index >= 15 is 0 Å². The molecule has 2 N–H and O–H groups in total. The maximum Gasteiger partial charge on any atom is 0.211 e. The van der Waals surface area contributed by atoms with Gasteiger partial charge in [0.15, 0.2) is 0 Å². The number of hydrogen-bond donors (Lipinski definition) is 2. The van der Waals surface area contributed by atoms with Gasteiger partial charge in [-0.05, 0) is 25.2 Å². The molecule has 2 unspecified atom stereocenters. The molecular weight excluding hydrogens is 226 g/mol. The Balaban J connectivity index is 2.50. The summed E-state index contributed by atoms with van der Waals surface area (Å²) in [7, 11) is -3.20. The molecule has 2 atom stereocenters. The number of sulfonamides is 1. The largest absolute Gasteiger partial charge is 0.396 e. The van der Waals surface area contributed by atoms with Crippen molar-refractivity contribution in [2.75, 3.05) is 12.4 Å². The molecule has 5 heteroatoms. The van der Waals surface area contributed by atoms with Crippen LogP contribution in [0.1, 0.15) is 45.4 Å². The van der Waals surface area contributed by atoms with E-state index in [2.05, 4.69) is 11.6 Å². The Kier molecular flexibility index (Phi) is 5.72. The van der Waals surface area contributed by atoms with Crippen LogP contribution in [0.15, 0.2) is 0 Å². The number of aliphatic hydroxyl groups excluding tert-OH is 1. The SMILES string of the molecule is CCC1CCCCC1NS(=O)(=O)CCCO. The quantitative estimate of drug-likeness (QED) is 0.744. The third-order valence-corrected chi connectivity index (χ3v) is 4.82. The summed E-state index contributed by atoms with van der Waals surface area (Å²) in [5.41, 5.74) is 0. The minimum Gasteiger partial charge on any atom is -0.396 e. The van der Waals surface area contributed by atoms with Gasteiger partial charge in [-0.1, -0.05) is 26.2 Å². The van der Waals surface area contributed by atoms with E-state index in [9.17, 15) is 8.42 Å². The van der Waals surface area contributed by atoms with Crippen molar-refractivity contribution in [3.63, 3.8) is 0 Å². The summed E-state index contributed by atoms with van der Waals surface area (Å²) in [5.74, 6) is 0.522. The van der Waals surface area contributed by atoms with Gasteiger partial charge in [0, 0.05) is 12.6 Å². The topological polar surface area (TPSA) is 66.4 Å². The summed E-state index contributed by atoms with van der Waals surface area (Å²) in [6.07, 6.45) is 5.77. The highest BCUT2D eigenvalue weighted by atomic mass is 32.2. The van der Waals surface area contributed by atoms with Crippen molar-refractivity contribution < 1.29 is 13.5 Å². The van der Waals surface area contributed by atoms with Crippen molar-refractivity contribution in [3.05, 3.63) is 0 Å². The second-order valence-electron chi connectivity index (χ2n) is 4.57. The van der Waals surface area contributed by atoms with E-state index in [1.807, 2.05) is 0 Å². The van der Waals surface area contributed by atoms with Crippen molar-refractivity contribution in [1.29, 1.82) is 0 Å². The van der Waals surface area contributed by atoms with E-state index in [-0.39, 0.29) is 18.4 Å². The van der Waals surface area contributed by atoms with Crippen LogP contribution >= 0.6 is 0 Å². The highest BCUT2D eigenvalue weighted by Gasteiger charge is 2.27. The average molecular weight is 249 g/mol. The zero-order valence-electron chi connectivity index (χ0n) is 9.98. The predicted octanol–water partition coefficient (Wildman–Crippen LogP) is 1.26. The highest BCUT2D eigenvalue weighted by molar-refractivity contribution is 7.89. The minimum absolute atomic E-state index is 0.0381. The van der Waals surface area contributed by atoms with Crippen LogP contribution in [0.25, 0.3) is 0 Å². The molecule has 0 radical (unpaired) electrons. The molecule has 0 aromatic heterocycles. The lowest BCUT2D eigenvalue weighted by Crippen LogP contribution is -2.42.